The molecule has 1 aliphatic rings. The Morgan fingerprint density at radius 3 is 2.86 bits per heavy atom. The molecule has 0 spiro atoms. The number of hydrogen-bond donors (Lipinski definition) is 1. The average molecular weight is 193 g/mol. The van der Waals surface area contributed by atoms with Gasteiger partial charge in [0.1, 0.15) is 0 Å². The van der Waals surface area contributed by atoms with Crippen molar-refractivity contribution in [3.63, 3.8) is 0 Å². The van der Waals surface area contributed by atoms with Crippen molar-refractivity contribution in [2.24, 2.45) is 0 Å². The van der Waals surface area contributed by atoms with Gasteiger partial charge in [-0.15, -0.1) is 0 Å². The Balaban J connectivity index is 2.25. The van der Waals surface area contributed by atoms with Gasteiger partial charge in [-0.2, -0.15) is 5.10 Å². The first kappa shape index (κ1) is 9.71. The second kappa shape index (κ2) is 4.13. The van der Waals surface area contributed by atoms with Crippen LogP contribution in [0.15, 0.2) is 6.20 Å². The van der Waals surface area contributed by atoms with Crippen LogP contribution >= 0.6 is 0 Å². The Hall–Kier alpha value is -0.830. The van der Waals surface area contributed by atoms with Gasteiger partial charge in [-0.3, -0.25) is 4.68 Å². The SMILES string of the molecule is CCn1ncc(CNC)c1C1CCC1. The summed E-state index contributed by atoms with van der Waals surface area (Å²) in [5.41, 5.74) is 2.87. The zero-order chi connectivity index (χ0) is 9.97. The maximum Gasteiger partial charge on any atom is 0.0537 e. The summed E-state index contributed by atoms with van der Waals surface area (Å²) < 4.78 is 2.16. The van der Waals surface area contributed by atoms with Gasteiger partial charge in [-0.25, -0.2) is 0 Å². The smallest absolute Gasteiger partial charge is 0.0537 e. The van der Waals surface area contributed by atoms with E-state index in [9.17, 15) is 0 Å². The minimum Gasteiger partial charge on any atom is -0.316 e. The van der Waals surface area contributed by atoms with Gasteiger partial charge in [0, 0.05) is 30.3 Å². The molecule has 1 aromatic heterocycles. The second-order valence-electron chi connectivity index (χ2n) is 4.03. The van der Waals surface area contributed by atoms with E-state index in [-0.39, 0.29) is 0 Å². The Morgan fingerprint density at radius 2 is 2.36 bits per heavy atom. The molecule has 0 bridgehead atoms. The summed E-state index contributed by atoms with van der Waals surface area (Å²) in [4.78, 5) is 0. The van der Waals surface area contributed by atoms with Crippen LogP contribution in [-0.2, 0) is 13.1 Å². The molecular formula is C11H19N3. The van der Waals surface area contributed by atoms with Gasteiger partial charge in [-0.05, 0) is 26.8 Å². The molecule has 0 radical (unpaired) electrons. The van der Waals surface area contributed by atoms with E-state index < -0.39 is 0 Å². The van der Waals surface area contributed by atoms with Gasteiger partial charge < -0.3 is 5.32 Å². The van der Waals surface area contributed by atoms with Crippen molar-refractivity contribution in [1.29, 1.82) is 0 Å². The van der Waals surface area contributed by atoms with E-state index in [1.807, 2.05) is 13.2 Å². The van der Waals surface area contributed by atoms with Crippen LogP contribution in [0.3, 0.4) is 0 Å². The average Bonchev–Trinajstić information content (AvgIpc) is 2.47. The van der Waals surface area contributed by atoms with Gasteiger partial charge in [-0.1, -0.05) is 6.42 Å². The maximum atomic E-state index is 4.43. The number of nitrogens with zero attached hydrogens (tertiary/aromatic N) is 2. The molecule has 2 rings (SSSR count). The highest BCUT2D eigenvalue weighted by molar-refractivity contribution is 5.23. The zero-order valence-corrected chi connectivity index (χ0v) is 9.08. The lowest BCUT2D eigenvalue weighted by atomic mass is 9.81. The summed E-state index contributed by atoms with van der Waals surface area (Å²) in [6.45, 7) is 4.11. The largest absolute Gasteiger partial charge is 0.316 e. The van der Waals surface area contributed by atoms with Crippen LogP contribution in [0.5, 0.6) is 0 Å². The number of rotatable bonds is 4. The normalized spacial score (nSPS) is 17.0. The van der Waals surface area contributed by atoms with E-state index in [2.05, 4.69) is 22.0 Å². The fraction of sp³-hybridized carbons (Fsp3) is 0.727. The molecule has 0 aromatic carbocycles. The Bertz CT molecular complexity index is 299. The van der Waals surface area contributed by atoms with E-state index in [0.717, 1.165) is 19.0 Å². The summed E-state index contributed by atoms with van der Waals surface area (Å²) >= 11 is 0. The fourth-order valence-electron chi connectivity index (χ4n) is 2.17. The summed E-state index contributed by atoms with van der Waals surface area (Å²) in [7, 11) is 1.99. The fourth-order valence-corrected chi connectivity index (χ4v) is 2.17. The summed E-state index contributed by atoms with van der Waals surface area (Å²) in [6.07, 6.45) is 6.11. The third-order valence-electron chi connectivity index (χ3n) is 3.12. The third kappa shape index (κ3) is 1.57. The van der Waals surface area contributed by atoms with E-state index in [1.165, 1.54) is 30.5 Å². The van der Waals surface area contributed by atoms with Crippen molar-refractivity contribution in [1.82, 2.24) is 15.1 Å². The van der Waals surface area contributed by atoms with E-state index >= 15 is 0 Å². The first-order valence-electron chi connectivity index (χ1n) is 5.56. The first-order valence-corrected chi connectivity index (χ1v) is 5.56. The molecule has 3 nitrogen and oxygen atoms in total. The number of nitrogens with one attached hydrogen (secondary N) is 1. The van der Waals surface area contributed by atoms with Gasteiger partial charge in [0.25, 0.3) is 0 Å². The summed E-state index contributed by atoms with van der Waals surface area (Å²) in [5, 5.41) is 7.64. The Labute approximate surface area is 85.5 Å². The van der Waals surface area contributed by atoms with Crippen LogP contribution in [0.25, 0.3) is 0 Å². The van der Waals surface area contributed by atoms with Crippen molar-refractivity contribution in [2.45, 2.75) is 45.2 Å². The van der Waals surface area contributed by atoms with Crippen molar-refractivity contribution in [2.75, 3.05) is 7.05 Å². The van der Waals surface area contributed by atoms with Crippen LogP contribution < -0.4 is 5.32 Å². The molecule has 1 saturated carbocycles. The highest BCUT2D eigenvalue weighted by atomic mass is 15.3. The quantitative estimate of drug-likeness (QED) is 0.791. The van der Waals surface area contributed by atoms with Gasteiger partial charge in [0.15, 0.2) is 0 Å². The lowest BCUT2D eigenvalue weighted by molar-refractivity contribution is 0.387. The highest BCUT2D eigenvalue weighted by Crippen LogP contribution is 2.37. The van der Waals surface area contributed by atoms with Crippen molar-refractivity contribution in [3.8, 4) is 0 Å². The molecule has 0 unspecified atom stereocenters. The molecule has 1 aromatic rings. The lowest BCUT2D eigenvalue weighted by Gasteiger charge is -2.27. The minimum absolute atomic E-state index is 0.779. The topological polar surface area (TPSA) is 29.9 Å². The summed E-state index contributed by atoms with van der Waals surface area (Å²) in [6, 6.07) is 0. The first-order chi connectivity index (χ1) is 6.86. The van der Waals surface area contributed by atoms with Gasteiger partial charge >= 0.3 is 0 Å². The minimum atomic E-state index is 0.779. The Morgan fingerprint density at radius 1 is 1.57 bits per heavy atom. The monoisotopic (exact) mass is 193 g/mol. The highest BCUT2D eigenvalue weighted by Gasteiger charge is 2.25. The summed E-state index contributed by atoms with van der Waals surface area (Å²) in [5.74, 6) is 0.779. The molecule has 78 valence electrons. The lowest BCUT2D eigenvalue weighted by Crippen LogP contribution is -2.18. The van der Waals surface area contributed by atoms with Gasteiger partial charge in [0.2, 0.25) is 0 Å². The predicted molar refractivity (Wildman–Crippen MR) is 57.3 cm³/mol. The second-order valence-corrected chi connectivity index (χ2v) is 4.03. The van der Waals surface area contributed by atoms with Crippen molar-refractivity contribution >= 4 is 0 Å². The zero-order valence-electron chi connectivity index (χ0n) is 9.08. The number of aryl methyl sites for hydroxylation is 1. The van der Waals surface area contributed by atoms with Crippen LogP contribution in [0, 0.1) is 0 Å². The third-order valence-corrected chi connectivity index (χ3v) is 3.12. The van der Waals surface area contributed by atoms with Crippen LogP contribution in [-0.4, -0.2) is 16.8 Å². The molecule has 1 aliphatic carbocycles. The Kier molecular flexibility index (Phi) is 2.87. The molecule has 3 heteroatoms. The molecule has 1 heterocycles. The van der Waals surface area contributed by atoms with Crippen molar-refractivity contribution in [3.05, 3.63) is 17.5 Å². The maximum absolute atomic E-state index is 4.43. The van der Waals surface area contributed by atoms with Gasteiger partial charge in [0.05, 0.1) is 6.20 Å². The van der Waals surface area contributed by atoms with Crippen LogP contribution in [0.4, 0.5) is 0 Å². The molecular weight excluding hydrogens is 174 g/mol. The van der Waals surface area contributed by atoms with E-state index in [4.69, 9.17) is 0 Å². The van der Waals surface area contributed by atoms with Crippen molar-refractivity contribution < 1.29 is 0 Å². The van der Waals surface area contributed by atoms with Crippen LogP contribution in [0.2, 0.25) is 0 Å². The number of hydrogen-bond acceptors (Lipinski definition) is 2. The molecule has 14 heavy (non-hydrogen) atoms. The van der Waals surface area contributed by atoms with E-state index in [1.54, 1.807) is 0 Å². The molecule has 0 aliphatic heterocycles. The van der Waals surface area contributed by atoms with E-state index in [0.29, 0.717) is 0 Å². The molecule has 1 N–H and O–H groups in total. The molecule has 0 amide bonds. The molecule has 0 atom stereocenters. The standard InChI is InChI=1S/C11H19N3/c1-3-14-11(9-5-4-6-9)10(7-12-2)8-13-14/h8-9,12H,3-7H2,1-2H3. The number of aromatic nitrogens is 2. The predicted octanol–water partition coefficient (Wildman–Crippen LogP) is 1.89. The van der Waals surface area contributed by atoms with Crippen LogP contribution in [0.1, 0.15) is 43.4 Å². The molecule has 0 saturated heterocycles. The molecule has 1 fully saturated rings.